The minimum atomic E-state index is -1.11. The van der Waals surface area contributed by atoms with Gasteiger partial charge in [0, 0.05) is 25.9 Å². The van der Waals surface area contributed by atoms with E-state index in [-0.39, 0.29) is 11.9 Å². The molecule has 3 aromatic rings. The van der Waals surface area contributed by atoms with Gasteiger partial charge in [-0.25, -0.2) is 14.8 Å². The summed E-state index contributed by atoms with van der Waals surface area (Å²) in [6, 6.07) is 3.37. The molecule has 3 aromatic heterocycles. The zero-order chi connectivity index (χ0) is 16.7. The van der Waals surface area contributed by atoms with Crippen molar-refractivity contribution in [2.45, 2.75) is 20.4 Å². The average Bonchev–Trinajstić information content (AvgIpc) is 2.84. The minimum absolute atomic E-state index is 0.270. The number of hydrogen-bond donors (Lipinski definition) is 1. The van der Waals surface area contributed by atoms with Crippen LogP contribution in [0.15, 0.2) is 24.5 Å². The first kappa shape index (κ1) is 15.0. The van der Waals surface area contributed by atoms with Gasteiger partial charge in [-0.05, 0) is 12.0 Å². The van der Waals surface area contributed by atoms with Gasteiger partial charge in [0.05, 0.1) is 0 Å². The van der Waals surface area contributed by atoms with Crippen molar-refractivity contribution in [1.29, 1.82) is 0 Å². The van der Waals surface area contributed by atoms with Crippen LogP contribution in [0.25, 0.3) is 22.1 Å². The fourth-order valence-electron chi connectivity index (χ4n) is 2.62. The van der Waals surface area contributed by atoms with Crippen molar-refractivity contribution in [3.8, 4) is 0 Å². The molecule has 3 heterocycles. The molecule has 8 nitrogen and oxygen atoms in total. The summed E-state index contributed by atoms with van der Waals surface area (Å²) < 4.78 is 2.52. The lowest BCUT2D eigenvalue weighted by atomic mass is 10.2. The molecule has 23 heavy (non-hydrogen) atoms. The summed E-state index contributed by atoms with van der Waals surface area (Å²) in [5, 5.41) is 21.4. The van der Waals surface area contributed by atoms with Gasteiger partial charge in [0.25, 0.3) is 0 Å². The van der Waals surface area contributed by atoms with Gasteiger partial charge >= 0.3 is 6.09 Å². The number of anilines is 1. The number of imidazole rings is 1. The number of aromatic nitrogens is 4. The number of carbonyl (C=O) groups is 1. The Morgan fingerprint density at radius 2 is 2.26 bits per heavy atom. The van der Waals surface area contributed by atoms with Crippen LogP contribution in [0.5, 0.6) is 0 Å². The standard InChI is InChI=1S/C15H17N5O3/c1-9(2)7-19-13-10(17-14(19)18(3)15(21)22)8-20(23)11-5-4-6-16-12(11)13/h4-6,8-9H,7H2,1-3H3,(H,21,22). The van der Waals surface area contributed by atoms with E-state index in [4.69, 9.17) is 0 Å². The van der Waals surface area contributed by atoms with Crippen LogP contribution in [0.1, 0.15) is 13.8 Å². The van der Waals surface area contributed by atoms with Crippen molar-refractivity contribution in [1.82, 2.24) is 14.5 Å². The molecule has 0 aliphatic carbocycles. The van der Waals surface area contributed by atoms with E-state index in [1.807, 2.05) is 18.4 Å². The number of nitrogens with zero attached hydrogens (tertiary/aromatic N) is 5. The zero-order valence-electron chi connectivity index (χ0n) is 13.1. The predicted octanol–water partition coefficient (Wildman–Crippen LogP) is 1.99. The topological polar surface area (TPSA) is 98.2 Å². The summed E-state index contributed by atoms with van der Waals surface area (Å²) in [5.74, 6) is 0.547. The molecule has 8 heteroatoms. The maximum absolute atomic E-state index is 12.1. The molecule has 0 aliphatic heterocycles. The van der Waals surface area contributed by atoms with Gasteiger partial charge in [-0.2, -0.15) is 4.73 Å². The Bertz CT molecular complexity index is 903. The number of rotatable bonds is 3. The van der Waals surface area contributed by atoms with Gasteiger partial charge in [-0.15, -0.1) is 0 Å². The third-order valence-electron chi connectivity index (χ3n) is 3.60. The molecule has 0 saturated carbocycles. The second kappa shape index (κ2) is 5.38. The molecule has 0 unspecified atom stereocenters. The fraction of sp³-hybridized carbons (Fsp3) is 0.333. The summed E-state index contributed by atoms with van der Waals surface area (Å²) in [6.45, 7) is 4.63. The van der Waals surface area contributed by atoms with E-state index < -0.39 is 6.09 Å². The Morgan fingerprint density at radius 3 is 2.91 bits per heavy atom. The zero-order valence-corrected chi connectivity index (χ0v) is 13.1. The number of amides is 1. The molecule has 0 bridgehead atoms. The molecular weight excluding hydrogens is 298 g/mol. The van der Waals surface area contributed by atoms with Gasteiger partial charge in [-0.1, -0.05) is 13.8 Å². The lowest BCUT2D eigenvalue weighted by Crippen LogP contribution is -2.27. The quantitative estimate of drug-likeness (QED) is 0.588. The molecule has 1 amide bonds. The Labute approximate surface area is 132 Å². The van der Waals surface area contributed by atoms with Crippen molar-refractivity contribution in [2.24, 2.45) is 5.92 Å². The number of fused-ring (bicyclic) bond motifs is 3. The van der Waals surface area contributed by atoms with E-state index in [0.29, 0.717) is 33.3 Å². The van der Waals surface area contributed by atoms with Crippen LogP contribution >= 0.6 is 0 Å². The highest BCUT2D eigenvalue weighted by molar-refractivity contribution is 6.00. The maximum Gasteiger partial charge on any atom is 0.413 e. The van der Waals surface area contributed by atoms with Crippen molar-refractivity contribution >= 4 is 34.1 Å². The highest BCUT2D eigenvalue weighted by atomic mass is 16.5. The summed E-state index contributed by atoms with van der Waals surface area (Å²) in [4.78, 5) is 21.0. The SMILES string of the molecule is CC(C)Cn1c(N(C)C(=O)O)nc2c[n+]([O-])c3cccnc3c21. The van der Waals surface area contributed by atoms with Gasteiger partial charge in [-0.3, -0.25) is 4.90 Å². The van der Waals surface area contributed by atoms with E-state index in [9.17, 15) is 15.1 Å². The lowest BCUT2D eigenvalue weighted by Gasteiger charge is -2.16. The molecule has 0 aromatic carbocycles. The molecule has 1 N–H and O–H groups in total. The van der Waals surface area contributed by atoms with Crippen molar-refractivity contribution in [3.05, 3.63) is 29.7 Å². The summed E-state index contributed by atoms with van der Waals surface area (Å²) in [5.41, 5.74) is 2.03. The number of hydrogen-bond acceptors (Lipinski definition) is 4. The summed E-state index contributed by atoms with van der Waals surface area (Å²) in [7, 11) is 1.43. The third-order valence-corrected chi connectivity index (χ3v) is 3.60. The maximum atomic E-state index is 12.1. The van der Waals surface area contributed by atoms with Gasteiger partial charge in [0.1, 0.15) is 5.52 Å². The van der Waals surface area contributed by atoms with Gasteiger partial charge < -0.3 is 14.9 Å². The Morgan fingerprint density at radius 1 is 1.52 bits per heavy atom. The monoisotopic (exact) mass is 315 g/mol. The molecule has 0 aliphatic rings. The van der Waals surface area contributed by atoms with Crippen molar-refractivity contribution in [2.75, 3.05) is 11.9 Å². The fourth-order valence-corrected chi connectivity index (χ4v) is 2.62. The predicted molar refractivity (Wildman–Crippen MR) is 85.3 cm³/mol. The largest absolute Gasteiger partial charge is 0.618 e. The average molecular weight is 315 g/mol. The Balaban J connectivity index is 2.41. The van der Waals surface area contributed by atoms with Gasteiger partial charge in [0.15, 0.2) is 11.0 Å². The van der Waals surface area contributed by atoms with Crippen LogP contribution in [0.3, 0.4) is 0 Å². The highest BCUT2D eigenvalue weighted by Gasteiger charge is 2.24. The number of pyridine rings is 2. The van der Waals surface area contributed by atoms with Gasteiger partial charge in [0.2, 0.25) is 17.7 Å². The first-order valence-corrected chi connectivity index (χ1v) is 7.24. The molecule has 0 saturated heterocycles. The Hall–Kier alpha value is -2.90. The second-order valence-electron chi connectivity index (χ2n) is 5.82. The third kappa shape index (κ3) is 2.41. The molecular formula is C15H17N5O3. The smallest absolute Gasteiger partial charge is 0.413 e. The first-order valence-electron chi connectivity index (χ1n) is 7.24. The Kier molecular flexibility index (Phi) is 3.51. The molecule has 0 radical (unpaired) electrons. The minimum Gasteiger partial charge on any atom is -0.618 e. The second-order valence-corrected chi connectivity index (χ2v) is 5.82. The van der Waals surface area contributed by atoms with Crippen LogP contribution in [0, 0.1) is 11.1 Å². The molecule has 0 spiro atoms. The molecule has 3 rings (SSSR count). The van der Waals surface area contributed by atoms with E-state index in [1.165, 1.54) is 13.2 Å². The normalized spacial score (nSPS) is 11.5. The van der Waals surface area contributed by atoms with Crippen LogP contribution in [-0.4, -0.2) is 32.8 Å². The van der Waals surface area contributed by atoms with E-state index in [2.05, 4.69) is 9.97 Å². The van der Waals surface area contributed by atoms with E-state index in [1.54, 1.807) is 18.3 Å². The number of carboxylic acid groups (broad SMARTS) is 1. The molecule has 0 atom stereocenters. The highest BCUT2D eigenvalue weighted by Crippen LogP contribution is 2.27. The van der Waals surface area contributed by atoms with Crippen molar-refractivity contribution < 1.29 is 14.6 Å². The van der Waals surface area contributed by atoms with Crippen molar-refractivity contribution in [3.63, 3.8) is 0 Å². The van der Waals surface area contributed by atoms with Crippen LogP contribution in [0.4, 0.5) is 10.7 Å². The van der Waals surface area contributed by atoms with E-state index in [0.717, 1.165) is 4.90 Å². The first-order chi connectivity index (χ1) is 10.9. The summed E-state index contributed by atoms with van der Waals surface area (Å²) in [6.07, 6.45) is 1.85. The molecule has 0 fully saturated rings. The summed E-state index contributed by atoms with van der Waals surface area (Å²) >= 11 is 0. The molecule has 120 valence electrons. The van der Waals surface area contributed by atoms with E-state index >= 15 is 0 Å². The van der Waals surface area contributed by atoms with Crippen LogP contribution in [-0.2, 0) is 6.54 Å². The van der Waals surface area contributed by atoms with Crippen LogP contribution < -0.4 is 9.63 Å². The van der Waals surface area contributed by atoms with Crippen LogP contribution in [0.2, 0.25) is 0 Å². The lowest BCUT2D eigenvalue weighted by molar-refractivity contribution is -0.575.